The van der Waals surface area contributed by atoms with E-state index in [1.165, 1.54) is 0 Å². The zero-order chi connectivity index (χ0) is 14.7. The second-order valence-corrected chi connectivity index (χ2v) is 5.01. The lowest BCUT2D eigenvalue weighted by Crippen LogP contribution is -2.06. The van der Waals surface area contributed by atoms with Crippen LogP contribution in [0.3, 0.4) is 0 Å². The zero-order valence-electron chi connectivity index (χ0n) is 11.4. The number of rotatable bonds is 2. The molecule has 0 bridgehead atoms. The van der Waals surface area contributed by atoms with E-state index in [2.05, 4.69) is 17.0 Å². The number of nitrogens with one attached hydrogen (secondary N) is 1. The van der Waals surface area contributed by atoms with Crippen molar-refractivity contribution in [3.05, 3.63) is 52.5 Å². The van der Waals surface area contributed by atoms with E-state index in [0.717, 1.165) is 22.3 Å². The maximum absolute atomic E-state index is 11.3. The standard InChI is InChI=1S/C16H15ClN2O/c1-10-4-7-14(17)13(8-10)12-6-5-11(2)15(9-12)19-16(20)18-3/h4-9H,3H2,1-2H3,(H,19,20). The van der Waals surface area contributed by atoms with Crippen molar-refractivity contribution in [1.82, 2.24) is 0 Å². The summed E-state index contributed by atoms with van der Waals surface area (Å²) in [5.41, 5.74) is 4.67. The number of benzene rings is 2. The van der Waals surface area contributed by atoms with Gasteiger partial charge in [-0.15, -0.1) is 0 Å². The van der Waals surface area contributed by atoms with Gasteiger partial charge in [-0.1, -0.05) is 35.4 Å². The Morgan fingerprint density at radius 1 is 1.20 bits per heavy atom. The van der Waals surface area contributed by atoms with Gasteiger partial charge in [0, 0.05) is 16.3 Å². The van der Waals surface area contributed by atoms with Crippen LogP contribution in [-0.2, 0) is 0 Å². The molecule has 4 heteroatoms. The summed E-state index contributed by atoms with van der Waals surface area (Å²) in [5.74, 6) is 0. The van der Waals surface area contributed by atoms with Crippen LogP contribution in [0, 0.1) is 13.8 Å². The molecule has 0 unspecified atom stereocenters. The van der Waals surface area contributed by atoms with E-state index >= 15 is 0 Å². The molecule has 0 saturated heterocycles. The summed E-state index contributed by atoms with van der Waals surface area (Å²) in [6, 6.07) is 11.2. The summed E-state index contributed by atoms with van der Waals surface area (Å²) in [4.78, 5) is 14.7. The van der Waals surface area contributed by atoms with E-state index in [0.29, 0.717) is 10.7 Å². The number of amides is 2. The van der Waals surface area contributed by atoms with Gasteiger partial charge in [-0.3, -0.25) is 0 Å². The Morgan fingerprint density at radius 3 is 2.65 bits per heavy atom. The highest BCUT2D eigenvalue weighted by molar-refractivity contribution is 6.33. The molecule has 0 atom stereocenters. The third-order valence-electron chi connectivity index (χ3n) is 3.06. The zero-order valence-corrected chi connectivity index (χ0v) is 12.2. The largest absolute Gasteiger partial charge is 0.344 e. The van der Waals surface area contributed by atoms with E-state index < -0.39 is 6.03 Å². The average Bonchev–Trinajstić information content (AvgIpc) is 2.44. The molecule has 2 aromatic rings. The maximum Gasteiger partial charge on any atom is 0.344 e. The first-order valence-corrected chi connectivity index (χ1v) is 6.54. The molecule has 1 N–H and O–H groups in total. The molecule has 20 heavy (non-hydrogen) atoms. The molecule has 3 nitrogen and oxygen atoms in total. The van der Waals surface area contributed by atoms with Crippen LogP contribution in [0.15, 0.2) is 41.4 Å². The summed E-state index contributed by atoms with van der Waals surface area (Å²) >= 11 is 6.24. The molecule has 0 aliphatic carbocycles. The first-order chi connectivity index (χ1) is 9.51. The lowest BCUT2D eigenvalue weighted by molar-refractivity contribution is 0.260. The van der Waals surface area contributed by atoms with Gasteiger partial charge in [0.2, 0.25) is 0 Å². The molecule has 0 heterocycles. The fraction of sp³-hybridized carbons (Fsp3) is 0.125. The molecule has 102 valence electrons. The monoisotopic (exact) mass is 286 g/mol. The van der Waals surface area contributed by atoms with E-state index in [9.17, 15) is 4.79 Å². The SMILES string of the molecule is C=NC(=O)Nc1cc(-c2cc(C)ccc2Cl)ccc1C. The van der Waals surface area contributed by atoms with Gasteiger partial charge in [-0.25, -0.2) is 9.79 Å². The Bertz CT molecular complexity index is 680. The lowest BCUT2D eigenvalue weighted by atomic mass is 10.0. The minimum Gasteiger partial charge on any atom is -0.306 e. The predicted octanol–water partition coefficient (Wildman–Crippen LogP) is 4.86. The highest BCUT2D eigenvalue weighted by Crippen LogP contribution is 2.31. The molecule has 2 rings (SSSR count). The summed E-state index contributed by atoms with van der Waals surface area (Å²) in [7, 11) is 0. The van der Waals surface area contributed by atoms with Crippen molar-refractivity contribution in [3.8, 4) is 11.1 Å². The number of carbonyl (C=O) groups excluding carboxylic acids is 1. The van der Waals surface area contributed by atoms with Crippen LogP contribution >= 0.6 is 11.6 Å². The fourth-order valence-corrected chi connectivity index (χ4v) is 2.17. The van der Waals surface area contributed by atoms with Crippen molar-refractivity contribution >= 4 is 30.0 Å². The van der Waals surface area contributed by atoms with E-state index in [4.69, 9.17) is 11.6 Å². The van der Waals surface area contributed by atoms with Gasteiger partial charge in [0.25, 0.3) is 0 Å². The quantitative estimate of drug-likeness (QED) is 0.787. The van der Waals surface area contributed by atoms with Crippen molar-refractivity contribution in [2.45, 2.75) is 13.8 Å². The summed E-state index contributed by atoms with van der Waals surface area (Å²) in [6.07, 6.45) is 0. The van der Waals surface area contributed by atoms with Gasteiger partial charge in [0.1, 0.15) is 0 Å². The Balaban J connectivity index is 2.48. The Labute approximate surface area is 123 Å². The minimum absolute atomic E-state index is 0.472. The third kappa shape index (κ3) is 3.06. The summed E-state index contributed by atoms with van der Waals surface area (Å²) in [5, 5.41) is 3.37. The predicted molar refractivity (Wildman–Crippen MR) is 84.9 cm³/mol. The van der Waals surface area contributed by atoms with Gasteiger partial charge in [0.15, 0.2) is 0 Å². The molecule has 2 aromatic carbocycles. The molecular weight excluding hydrogens is 272 g/mol. The van der Waals surface area contributed by atoms with Crippen molar-refractivity contribution in [2.75, 3.05) is 5.32 Å². The highest BCUT2D eigenvalue weighted by Gasteiger charge is 2.08. The first-order valence-electron chi connectivity index (χ1n) is 6.16. The first kappa shape index (κ1) is 14.3. The van der Waals surface area contributed by atoms with Gasteiger partial charge in [-0.2, -0.15) is 0 Å². The van der Waals surface area contributed by atoms with Crippen molar-refractivity contribution in [2.24, 2.45) is 4.99 Å². The van der Waals surface area contributed by atoms with Gasteiger partial charge < -0.3 is 5.32 Å². The van der Waals surface area contributed by atoms with Crippen LogP contribution in [0.25, 0.3) is 11.1 Å². The van der Waals surface area contributed by atoms with Crippen molar-refractivity contribution in [1.29, 1.82) is 0 Å². The van der Waals surface area contributed by atoms with Crippen LogP contribution in [0.2, 0.25) is 5.02 Å². The maximum atomic E-state index is 11.3. The smallest absolute Gasteiger partial charge is 0.306 e. The molecule has 0 saturated carbocycles. The number of aliphatic imine (C=N–C) groups is 1. The summed E-state index contributed by atoms with van der Waals surface area (Å²) < 4.78 is 0. The topological polar surface area (TPSA) is 41.5 Å². The van der Waals surface area contributed by atoms with E-state index in [-0.39, 0.29) is 0 Å². The number of aryl methyl sites for hydroxylation is 2. The second kappa shape index (κ2) is 5.88. The highest BCUT2D eigenvalue weighted by atomic mass is 35.5. The number of urea groups is 1. The minimum atomic E-state index is -0.472. The molecule has 2 amide bonds. The fourth-order valence-electron chi connectivity index (χ4n) is 1.94. The van der Waals surface area contributed by atoms with E-state index in [1.54, 1.807) is 0 Å². The van der Waals surface area contributed by atoms with Crippen LogP contribution in [0.4, 0.5) is 10.5 Å². The average molecular weight is 287 g/mol. The molecular formula is C16H15ClN2O. The molecule has 0 aliphatic heterocycles. The number of hydrogen-bond donors (Lipinski definition) is 1. The third-order valence-corrected chi connectivity index (χ3v) is 3.39. The molecule has 0 spiro atoms. The van der Waals surface area contributed by atoms with Crippen molar-refractivity contribution in [3.63, 3.8) is 0 Å². The second-order valence-electron chi connectivity index (χ2n) is 4.60. The lowest BCUT2D eigenvalue weighted by Gasteiger charge is -2.11. The van der Waals surface area contributed by atoms with Gasteiger partial charge >= 0.3 is 6.03 Å². The van der Waals surface area contributed by atoms with Crippen molar-refractivity contribution < 1.29 is 4.79 Å². The Morgan fingerprint density at radius 2 is 1.95 bits per heavy atom. The number of nitrogens with zero attached hydrogens (tertiary/aromatic N) is 1. The number of anilines is 1. The molecule has 0 aliphatic rings. The van der Waals surface area contributed by atoms with Crippen LogP contribution < -0.4 is 5.32 Å². The number of halogens is 1. The van der Waals surface area contributed by atoms with Gasteiger partial charge in [0.05, 0.1) is 0 Å². The molecule has 0 radical (unpaired) electrons. The number of hydrogen-bond acceptors (Lipinski definition) is 1. The van der Waals surface area contributed by atoms with E-state index in [1.807, 2.05) is 50.2 Å². The molecule has 0 fully saturated rings. The Hall–Kier alpha value is -2.13. The van der Waals surface area contributed by atoms with Crippen LogP contribution in [-0.4, -0.2) is 12.7 Å². The van der Waals surface area contributed by atoms with Crippen LogP contribution in [0.5, 0.6) is 0 Å². The van der Waals surface area contributed by atoms with Gasteiger partial charge in [-0.05, 0) is 49.9 Å². The summed E-state index contributed by atoms with van der Waals surface area (Å²) in [6.45, 7) is 7.14. The normalized spacial score (nSPS) is 10.2. The Kier molecular flexibility index (Phi) is 4.20. The number of carbonyl (C=O) groups is 1. The molecule has 0 aromatic heterocycles. The van der Waals surface area contributed by atoms with Crippen LogP contribution in [0.1, 0.15) is 11.1 Å².